The summed E-state index contributed by atoms with van der Waals surface area (Å²) in [6, 6.07) is 7.56. The molecule has 6 heteroatoms. The summed E-state index contributed by atoms with van der Waals surface area (Å²) >= 11 is 3.40. The predicted octanol–water partition coefficient (Wildman–Crippen LogP) is 2.69. The Kier molecular flexibility index (Phi) is 3.58. The van der Waals surface area contributed by atoms with Crippen molar-refractivity contribution in [2.45, 2.75) is 31.7 Å². The zero-order chi connectivity index (χ0) is 17.1. The molecule has 126 valence electrons. The Morgan fingerprint density at radius 1 is 1.38 bits per heavy atom. The SMILES string of the molecule is CC(C)OC(=O)C1[C@@H]2C=C[C@]3(CN(c4ccc(Br)cc4)C(=O)[C@H]13)O2. The molecule has 4 rings (SSSR count). The maximum absolute atomic E-state index is 13.1. The van der Waals surface area contributed by atoms with Gasteiger partial charge in [0.05, 0.1) is 24.7 Å². The van der Waals surface area contributed by atoms with Gasteiger partial charge >= 0.3 is 5.97 Å². The van der Waals surface area contributed by atoms with Crippen LogP contribution in [0.15, 0.2) is 40.9 Å². The fraction of sp³-hybridized carbons (Fsp3) is 0.444. The summed E-state index contributed by atoms with van der Waals surface area (Å²) in [7, 11) is 0. The number of anilines is 1. The summed E-state index contributed by atoms with van der Waals surface area (Å²) in [4.78, 5) is 27.3. The van der Waals surface area contributed by atoms with Crippen molar-refractivity contribution in [3.05, 3.63) is 40.9 Å². The number of benzene rings is 1. The van der Waals surface area contributed by atoms with Crippen molar-refractivity contribution < 1.29 is 19.1 Å². The van der Waals surface area contributed by atoms with Crippen LogP contribution in [-0.2, 0) is 19.1 Å². The quantitative estimate of drug-likeness (QED) is 0.587. The van der Waals surface area contributed by atoms with Crippen molar-refractivity contribution in [1.29, 1.82) is 0 Å². The van der Waals surface area contributed by atoms with Crippen molar-refractivity contribution in [1.82, 2.24) is 0 Å². The van der Waals surface area contributed by atoms with Crippen LogP contribution in [0.1, 0.15) is 13.8 Å². The number of carbonyl (C=O) groups is 2. The van der Waals surface area contributed by atoms with Gasteiger partial charge in [0.25, 0.3) is 0 Å². The fourth-order valence-electron chi connectivity index (χ4n) is 3.92. The molecule has 1 aromatic carbocycles. The molecule has 0 aromatic heterocycles. The van der Waals surface area contributed by atoms with E-state index in [1.165, 1.54) is 0 Å². The molecule has 5 nitrogen and oxygen atoms in total. The predicted molar refractivity (Wildman–Crippen MR) is 91.4 cm³/mol. The largest absolute Gasteiger partial charge is 0.463 e. The normalized spacial score (nSPS) is 33.4. The van der Waals surface area contributed by atoms with Gasteiger partial charge in [-0.05, 0) is 38.1 Å². The van der Waals surface area contributed by atoms with Crippen LogP contribution in [0.25, 0.3) is 0 Å². The summed E-state index contributed by atoms with van der Waals surface area (Å²) in [5, 5.41) is 0. The van der Waals surface area contributed by atoms with Crippen molar-refractivity contribution in [2.24, 2.45) is 11.8 Å². The molecule has 3 heterocycles. The van der Waals surface area contributed by atoms with Crippen molar-refractivity contribution in [3.63, 3.8) is 0 Å². The molecule has 3 aliphatic rings. The van der Waals surface area contributed by atoms with Gasteiger partial charge in [-0.1, -0.05) is 28.1 Å². The molecule has 24 heavy (non-hydrogen) atoms. The first-order chi connectivity index (χ1) is 11.4. The van der Waals surface area contributed by atoms with Gasteiger partial charge in [0.1, 0.15) is 11.5 Å². The molecule has 0 aliphatic carbocycles. The van der Waals surface area contributed by atoms with Gasteiger partial charge in [0.15, 0.2) is 0 Å². The zero-order valence-electron chi connectivity index (χ0n) is 13.4. The number of rotatable bonds is 3. The lowest BCUT2D eigenvalue weighted by atomic mass is 9.77. The number of hydrogen-bond donors (Lipinski definition) is 0. The molecule has 2 saturated heterocycles. The van der Waals surface area contributed by atoms with Gasteiger partial charge in [-0.2, -0.15) is 0 Å². The topological polar surface area (TPSA) is 55.8 Å². The Morgan fingerprint density at radius 2 is 2.08 bits per heavy atom. The van der Waals surface area contributed by atoms with Gasteiger partial charge in [-0.15, -0.1) is 0 Å². The van der Waals surface area contributed by atoms with E-state index in [2.05, 4.69) is 15.9 Å². The van der Waals surface area contributed by atoms with E-state index in [9.17, 15) is 9.59 Å². The van der Waals surface area contributed by atoms with E-state index in [-0.39, 0.29) is 24.1 Å². The highest BCUT2D eigenvalue weighted by Crippen LogP contribution is 2.53. The molecule has 1 spiro atoms. The summed E-state index contributed by atoms with van der Waals surface area (Å²) in [5.74, 6) is -1.50. The van der Waals surface area contributed by atoms with E-state index in [0.717, 1.165) is 10.2 Å². The molecule has 1 unspecified atom stereocenters. The molecule has 2 fully saturated rings. The number of nitrogens with zero attached hydrogens (tertiary/aromatic N) is 1. The molecule has 0 radical (unpaired) electrons. The van der Waals surface area contributed by atoms with E-state index < -0.39 is 17.4 Å². The van der Waals surface area contributed by atoms with Gasteiger partial charge in [-0.3, -0.25) is 9.59 Å². The van der Waals surface area contributed by atoms with Gasteiger partial charge < -0.3 is 14.4 Å². The van der Waals surface area contributed by atoms with Gasteiger partial charge in [-0.25, -0.2) is 0 Å². The molecule has 1 aromatic rings. The van der Waals surface area contributed by atoms with Crippen molar-refractivity contribution in [2.75, 3.05) is 11.4 Å². The number of fused-ring (bicyclic) bond motifs is 1. The first-order valence-electron chi connectivity index (χ1n) is 8.06. The summed E-state index contributed by atoms with van der Waals surface area (Å²) in [6.45, 7) is 4.04. The van der Waals surface area contributed by atoms with Crippen LogP contribution < -0.4 is 4.90 Å². The molecular formula is C18H18BrNO4. The lowest BCUT2D eigenvalue weighted by Gasteiger charge is -2.23. The monoisotopic (exact) mass is 391 g/mol. The smallest absolute Gasteiger partial charge is 0.313 e. The maximum atomic E-state index is 13.1. The summed E-state index contributed by atoms with van der Waals surface area (Å²) < 4.78 is 12.4. The van der Waals surface area contributed by atoms with Crippen LogP contribution in [0.3, 0.4) is 0 Å². The third-order valence-corrected chi connectivity index (χ3v) is 5.39. The molecule has 3 aliphatic heterocycles. The Morgan fingerprint density at radius 3 is 2.75 bits per heavy atom. The first kappa shape index (κ1) is 15.8. The number of carbonyl (C=O) groups excluding carboxylic acids is 2. The van der Waals surface area contributed by atoms with E-state index >= 15 is 0 Å². The summed E-state index contributed by atoms with van der Waals surface area (Å²) in [6.07, 6.45) is 3.26. The lowest BCUT2D eigenvalue weighted by molar-refractivity contribution is -0.156. The summed E-state index contributed by atoms with van der Waals surface area (Å²) in [5.41, 5.74) is 0.0959. The van der Waals surface area contributed by atoms with Gasteiger partial charge in [0.2, 0.25) is 5.91 Å². The molecular weight excluding hydrogens is 374 g/mol. The van der Waals surface area contributed by atoms with Crippen LogP contribution in [0, 0.1) is 11.8 Å². The zero-order valence-corrected chi connectivity index (χ0v) is 15.0. The minimum atomic E-state index is -0.713. The van der Waals surface area contributed by atoms with E-state index in [4.69, 9.17) is 9.47 Å². The molecule has 4 atom stereocenters. The Labute approximate surface area is 148 Å². The highest BCUT2D eigenvalue weighted by Gasteiger charge is 2.67. The van der Waals surface area contributed by atoms with E-state index in [1.807, 2.05) is 50.3 Å². The third kappa shape index (κ3) is 2.24. The second kappa shape index (κ2) is 5.43. The number of hydrogen-bond acceptors (Lipinski definition) is 4. The highest BCUT2D eigenvalue weighted by molar-refractivity contribution is 9.10. The number of esters is 1. The number of halogens is 1. The van der Waals surface area contributed by atoms with E-state index in [1.54, 1.807) is 4.90 Å². The first-order valence-corrected chi connectivity index (χ1v) is 8.85. The van der Waals surface area contributed by atoms with Crippen molar-refractivity contribution >= 4 is 33.5 Å². The van der Waals surface area contributed by atoms with Crippen LogP contribution in [0.4, 0.5) is 5.69 Å². The minimum Gasteiger partial charge on any atom is -0.463 e. The molecule has 1 amide bonds. The standard InChI is InChI=1S/C18H18BrNO4/c1-10(2)23-17(22)14-13-7-8-18(24-13)9-20(16(21)15(14)18)12-5-3-11(19)4-6-12/h3-8,10,13-15H,9H2,1-2H3/t13-,14?,15-,18+/m0/s1. The van der Waals surface area contributed by atoms with Crippen LogP contribution in [-0.4, -0.2) is 36.2 Å². The van der Waals surface area contributed by atoms with E-state index in [0.29, 0.717) is 6.54 Å². The second-order valence-electron chi connectivity index (χ2n) is 6.79. The average molecular weight is 392 g/mol. The third-order valence-electron chi connectivity index (χ3n) is 4.86. The van der Waals surface area contributed by atoms with Crippen LogP contribution in [0.2, 0.25) is 0 Å². The van der Waals surface area contributed by atoms with Crippen LogP contribution in [0.5, 0.6) is 0 Å². The second-order valence-corrected chi connectivity index (χ2v) is 7.70. The Bertz CT molecular complexity index is 729. The number of amides is 1. The molecule has 2 bridgehead atoms. The number of ether oxygens (including phenoxy) is 2. The average Bonchev–Trinajstić information content (AvgIpc) is 3.16. The van der Waals surface area contributed by atoms with Gasteiger partial charge in [0, 0.05) is 10.2 Å². The molecule has 0 saturated carbocycles. The molecule has 0 N–H and O–H groups in total. The minimum absolute atomic E-state index is 0.0742. The van der Waals surface area contributed by atoms with Crippen molar-refractivity contribution in [3.8, 4) is 0 Å². The maximum Gasteiger partial charge on any atom is 0.313 e. The fourth-order valence-corrected chi connectivity index (χ4v) is 4.18. The highest BCUT2D eigenvalue weighted by atomic mass is 79.9. The lowest BCUT2D eigenvalue weighted by Crippen LogP contribution is -2.40. The van der Waals surface area contributed by atoms with Crippen LogP contribution >= 0.6 is 15.9 Å². The Hall–Kier alpha value is -1.66. The Balaban J connectivity index is 1.66.